The maximum atomic E-state index is 12.4. The van der Waals surface area contributed by atoms with E-state index in [1.54, 1.807) is 30.3 Å². The molecule has 0 radical (unpaired) electrons. The fourth-order valence-corrected chi connectivity index (χ4v) is 2.52. The summed E-state index contributed by atoms with van der Waals surface area (Å²) >= 11 is 6.07. The topological polar surface area (TPSA) is 76.1 Å². The molecule has 0 aliphatic rings. The van der Waals surface area contributed by atoms with Gasteiger partial charge in [-0.3, -0.25) is 4.79 Å². The number of nitrogens with zero attached hydrogens (tertiary/aromatic N) is 2. The quantitative estimate of drug-likeness (QED) is 0.633. The van der Waals surface area contributed by atoms with Crippen molar-refractivity contribution < 1.29 is 9.53 Å². The third-order valence-electron chi connectivity index (χ3n) is 3.52. The SMILES string of the molecule is CC(C)Oc1ccc(Nc2cc(C(=O)Nc3ccccc3Cl)ncn2)cc1. The van der Waals surface area contributed by atoms with Gasteiger partial charge in [-0.05, 0) is 50.2 Å². The first-order chi connectivity index (χ1) is 13.0. The van der Waals surface area contributed by atoms with Crippen LogP contribution >= 0.6 is 11.6 Å². The Balaban J connectivity index is 1.70. The van der Waals surface area contributed by atoms with Crippen LogP contribution in [0.25, 0.3) is 0 Å². The Morgan fingerprint density at radius 3 is 2.52 bits per heavy atom. The molecule has 3 rings (SSSR count). The number of hydrogen-bond donors (Lipinski definition) is 2. The zero-order chi connectivity index (χ0) is 19.2. The Hall–Kier alpha value is -3.12. The van der Waals surface area contributed by atoms with Gasteiger partial charge in [0.15, 0.2) is 0 Å². The number of aromatic nitrogens is 2. The van der Waals surface area contributed by atoms with Crippen LogP contribution in [0.2, 0.25) is 5.02 Å². The molecule has 1 amide bonds. The summed E-state index contributed by atoms with van der Waals surface area (Å²) in [4.78, 5) is 20.6. The zero-order valence-corrected chi connectivity index (χ0v) is 15.7. The van der Waals surface area contributed by atoms with E-state index in [9.17, 15) is 4.79 Å². The highest BCUT2D eigenvalue weighted by atomic mass is 35.5. The van der Waals surface area contributed by atoms with Crippen molar-refractivity contribution in [2.24, 2.45) is 0 Å². The van der Waals surface area contributed by atoms with Gasteiger partial charge in [0, 0.05) is 11.8 Å². The summed E-state index contributed by atoms with van der Waals surface area (Å²) in [5.41, 5.74) is 1.58. The van der Waals surface area contributed by atoms with E-state index >= 15 is 0 Å². The molecule has 27 heavy (non-hydrogen) atoms. The number of rotatable bonds is 6. The van der Waals surface area contributed by atoms with Gasteiger partial charge in [-0.2, -0.15) is 0 Å². The molecule has 0 fully saturated rings. The minimum Gasteiger partial charge on any atom is -0.491 e. The number of halogens is 1. The summed E-state index contributed by atoms with van der Waals surface area (Å²) in [6.07, 6.45) is 1.45. The van der Waals surface area contributed by atoms with E-state index in [0.29, 0.717) is 16.5 Å². The number of para-hydroxylation sites is 1. The summed E-state index contributed by atoms with van der Waals surface area (Å²) in [5.74, 6) is 0.930. The van der Waals surface area contributed by atoms with Crippen molar-refractivity contribution >= 4 is 34.7 Å². The largest absolute Gasteiger partial charge is 0.491 e. The van der Waals surface area contributed by atoms with Crippen LogP contribution in [0.1, 0.15) is 24.3 Å². The van der Waals surface area contributed by atoms with Crippen molar-refractivity contribution in [2.45, 2.75) is 20.0 Å². The van der Waals surface area contributed by atoms with Crippen molar-refractivity contribution in [1.29, 1.82) is 0 Å². The number of nitrogens with one attached hydrogen (secondary N) is 2. The molecule has 0 atom stereocenters. The van der Waals surface area contributed by atoms with Crippen LogP contribution in [0, 0.1) is 0 Å². The van der Waals surface area contributed by atoms with Gasteiger partial charge in [0.25, 0.3) is 5.91 Å². The lowest BCUT2D eigenvalue weighted by Gasteiger charge is -2.11. The minimum absolute atomic E-state index is 0.116. The van der Waals surface area contributed by atoms with Crippen molar-refractivity contribution in [2.75, 3.05) is 10.6 Å². The molecule has 6 nitrogen and oxygen atoms in total. The highest BCUT2D eigenvalue weighted by Crippen LogP contribution is 2.22. The monoisotopic (exact) mass is 382 g/mol. The first kappa shape index (κ1) is 18.7. The van der Waals surface area contributed by atoms with Crippen molar-refractivity contribution in [3.63, 3.8) is 0 Å². The first-order valence-electron chi connectivity index (χ1n) is 8.43. The molecular weight excluding hydrogens is 364 g/mol. The van der Waals surface area contributed by atoms with Crippen LogP contribution in [0.4, 0.5) is 17.2 Å². The second kappa shape index (κ2) is 8.51. The number of ether oxygens (including phenoxy) is 1. The van der Waals surface area contributed by atoms with E-state index in [2.05, 4.69) is 20.6 Å². The fraction of sp³-hybridized carbons (Fsp3) is 0.150. The number of hydrogen-bond acceptors (Lipinski definition) is 5. The lowest BCUT2D eigenvalue weighted by Crippen LogP contribution is -2.14. The minimum atomic E-state index is -0.366. The predicted octanol–water partition coefficient (Wildman–Crippen LogP) is 4.91. The molecule has 0 unspecified atom stereocenters. The number of benzene rings is 2. The molecule has 0 bridgehead atoms. The molecule has 7 heteroatoms. The highest BCUT2D eigenvalue weighted by molar-refractivity contribution is 6.33. The molecule has 1 heterocycles. The fourth-order valence-electron chi connectivity index (χ4n) is 2.34. The van der Waals surface area contributed by atoms with Crippen molar-refractivity contribution in [3.8, 4) is 5.75 Å². The van der Waals surface area contributed by atoms with Gasteiger partial charge in [-0.25, -0.2) is 9.97 Å². The summed E-state index contributed by atoms with van der Waals surface area (Å²) in [6, 6.07) is 16.1. The van der Waals surface area contributed by atoms with Gasteiger partial charge >= 0.3 is 0 Å². The van der Waals surface area contributed by atoms with Crippen LogP contribution in [0.15, 0.2) is 60.9 Å². The van der Waals surface area contributed by atoms with E-state index in [1.165, 1.54) is 6.33 Å². The number of carbonyl (C=O) groups is 1. The van der Waals surface area contributed by atoms with Crippen molar-refractivity contribution in [3.05, 3.63) is 71.6 Å². The van der Waals surface area contributed by atoms with Crippen LogP contribution < -0.4 is 15.4 Å². The smallest absolute Gasteiger partial charge is 0.274 e. The number of amides is 1. The van der Waals surface area contributed by atoms with E-state index in [1.807, 2.05) is 38.1 Å². The Labute approximate surface area is 162 Å². The van der Waals surface area contributed by atoms with Gasteiger partial charge in [0.2, 0.25) is 0 Å². The second-order valence-corrected chi connectivity index (χ2v) is 6.45. The standard InChI is InChI=1S/C20H19ClN4O2/c1-13(2)27-15-9-7-14(8-10-15)24-19-11-18(22-12-23-19)20(26)25-17-6-4-3-5-16(17)21/h3-13H,1-2H3,(H,25,26)(H,22,23,24). The third-order valence-corrected chi connectivity index (χ3v) is 3.85. The number of carbonyl (C=O) groups excluding carboxylic acids is 1. The van der Waals surface area contributed by atoms with Gasteiger partial charge in [-0.1, -0.05) is 23.7 Å². The Kier molecular flexibility index (Phi) is 5.88. The molecular formula is C20H19ClN4O2. The molecule has 2 aromatic carbocycles. The lowest BCUT2D eigenvalue weighted by atomic mass is 10.2. The molecule has 0 aliphatic heterocycles. The summed E-state index contributed by atoms with van der Waals surface area (Å²) in [7, 11) is 0. The maximum absolute atomic E-state index is 12.4. The Morgan fingerprint density at radius 1 is 1.07 bits per heavy atom. The highest BCUT2D eigenvalue weighted by Gasteiger charge is 2.11. The molecule has 1 aromatic heterocycles. The average Bonchev–Trinajstić information content (AvgIpc) is 2.65. The van der Waals surface area contributed by atoms with E-state index in [4.69, 9.17) is 16.3 Å². The van der Waals surface area contributed by atoms with E-state index < -0.39 is 0 Å². The normalized spacial score (nSPS) is 10.5. The molecule has 138 valence electrons. The third kappa shape index (κ3) is 5.18. The molecule has 0 spiro atoms. The molecule has 2 N–H and O–H groups in total. The first-order valence-corrected chi connectivity index (χ1v) is 8.81. The van der Waals surface area contributed by atoms with Crippen LogP contribution in [-0.4, -0.2) is 22.0 Å². The number of anilines is 3. The summed E-state index contributed by atoms with van der Waals surface area (Å²) in [6.45, 7) is 3.95. The Bertz CT molecular complexity index is 929. The van der Waals surface area contributed by atoms with Crippen LogP contribution in [0.5, 0.6) is 5.75 Å². The van der Waals surface area contributed by atoms with Gasteiger partial charge < -0.3 is 15.4 Å². The molecule has 0 aliphatic carbocycles. The lowest BCUT2D eigenvalue weighted by molar-refractivity contribution is 0.102. The molecule has 0 saturated heterocycles. The van der Waals surface area contributed by atoms with Crippen LogP contribution in [0.3, 0.4) is 0 Å². The maximum Gasteiger partial charge on any atom is 0.274 e. The Morgan fingerprint density at radius 2 is 1.81 bits per heavy atom. The average molecular weight is 383 g/mol. The zero-order valence-electron chi connectivity index (χ0n) is 14.9. The summed E-state index contributed by atoms with van der Waals surface area (Å²) in [5, 5.41) is 6.34. The van der Waals surface area contributed by atoms with Gasteiger partial charge in [0.1, 0.15) is 23.6 Å². The summed E-state index contributed by atoms with van der Waals surface area (Å²) < 4.78 is 5.62. The van der Waals surface area contributed by atoms with Crippen molar-refractivity contribution in [1.82, 2.24) is 9.97 Å². The van der Waals surface area contributed by atoms with E-state index in [0.717, 1.165) is 11.4 Å². The second-order valence-electron chi connectivity index (χ2n) is 6.04. The molecule has 3 aromatic rings. The van der Waals surface area contributed by atoms with E-state index in [-0.39, 0.29) is 17.7 Å². The predicted molar refractivity (Wildman–Crippen MR) is 107 cm³/mol. The van der Waals surface area contributed by atoms with Gasteiger partial charge in [-0.15, -0.1) is 0 Å². The molecule has 0 saturated carbocycles. The van der Waals surface area contributed by atoms with Crippen LogP contribution in [-0.2, 0) is 0 Å². The van der Waals surface area contributed by atoms with Gasteiger partial charge in [0.05, 0.1) is 16.8 Å².